The third-order valence-corrected chi connectivity index (χ3v) is 6.34. The molecule has 0 atom stereocenters. The second-order valence-corrected chi connectivity index (χ2v) is 9.39. The van der Waals surface area contributed by atoms with Crippen molar-refractivity contribution in [2.45, 2.75) is 38.9 Å². The Morgan fingerprint density at radius 2 is 1.97 bits per heavy atom. The summed E-state index contributed by atoms with van der Waals surface area (Å²) < 4.78 is 12.4. The van der Waals surface area contributed by atoms with Gasteiger partial charge in [-0.2, -0.15) is 0 Å². The second-order valence-electron chi connectivity index (χ2n) is 8.45. The first-order chi connectivity index (χ1) is 16.9. The maximum atomic E-state index is 13.3. The lowest BCUT2D eigenvalue weighted by atomic mass is 10.1. The summed E-state index contributed by atoms with van der Waals surface area (Å²) in [4.78, 5) is 42.7. The van der Waals surface area contributed by atoms with E-state index in [1.165, 1.54) is 11.8 Å². The molecule has 0 radical (unpaired) electrons. The average Bonchev–Trinajstić information content (AvgIpc) is 3.21. The number of thioether (sulfide) groups is 1. The number of ether oxygens (including phenoxy) is 1. The number of carbonyl (C=O) groups excluding carboxylic acids is 2. The molecule has 9 heteroatoms. The molecular weight excluding hydrogens is 466 g/mol. The highest BCUT2D eigenvalue weighted by Crippen LogP contribution is 2.27. The minimum absolute atomic E-state index is 0.0407. The van der Waals surface area contributed by atoms with Gasteiger partial charge >= 0.3 is 5.97 Å². The van der Waals surface area contributed by atoms with Crippen molar-refractivity contribution in [2.75, 3.05) is 17.7 Å². The van der Waals surface area contributed by atoms with Crippen LogP contribution >= 0.6 is 11.8 Å². The third kappa shape index (κ3) is 5.57. The highest BCUT2D eigenvalue weighted by Gasteiger charge is 2.19. The van der Waals surface area contributed by atoms with Gasteiger partial charge in [0.2, 0.25) is 11.5 Å². The lowest BCUT2D eigenvalue weighted by Gasteiger charge is -2.13. The Hall–Kier alpha value is -3.59. The predicted molar refractivity (Wildman–Crippen MR) is 137 cm³/mol. The largest absolute Gasteiger partial charge is 0.462 e. The van der Waals surface area contributed by atoms with E-state index < -0.39 is 5.97 Å². The molecule has 0 saturated heterocycles. The molecule has 0 aliphatic rings. The van der Waals surface area contributed by atoms with E-state index >= 15 is 0 Å². The smallest absolute Gasteiger partial charge is 0.338 e. The van der Waals surface area contributed by atoms with E-state index in [0.29, 0.717) is 40.0 Å². The summed E-state index contributed by atoms with van der Waals surface area (Å²) in [7, 11) is 0. The fourth-order valence-corrected chi connectivity index (χ4v) is 4.43. The molecule has 2 heterocycles. The van der Waals surface area contributed by atoms with E-state index in [9.17, 15) is 14.4 Å². The van der Waals surface area contributed by atoms with Crippen LogP contribution in [-0.4, -0.2) is 33.8 Å². The van der Waals surface area contributed by atoms with Gasteiger partial charge < -0.3 is 14.5 Å². The Morgan fingerprint density at radius 1 is 1.17 bits per heavy atom. The number of furan rings is 1. The topological polar surface area (TPSA) is 103 Å². The van der Waals surface area contributed by atoms with E-state index in [1.54, 1.807) is 41.8 Å². The van der Waals surface area contributed by atoms with Gasteiger partial charge in [0.25, 0.3) is 5.56 Å². The number of rotatable bonds is 9. The summed E-state index contributed by atoms with van der Waals surface area (Å²) in [6, 6.07) is 14.0. The number of para-hydroxylation sites is 1. The van der Waals surface area contributed by atoms with Gasteiger partial charge in [-0.15, -0.1) is 0 Å². The molecule has 4 aromatic rings. The first kappa shape index (κ1) is 24.5. The van der Waals surface area contributed by atoms with Gasteiger partial charge in [-0.1, -0.05) is 43.8 Å². The molecule has 0 fully saturated rings. The minimum atomic E-state index is -0.447. The molecule has 0 saturated carbocycles. The van der Waals surface area contributed by atoms with Crippen molar-refractivity contribution in [3.8, 4) is 0 Å². The Balaban J connectivity index is 1.58. The standard InChI is InChI=1S/C26H27N3O5S/c1-4-33-25(32)17-8-7-9-18(14-17)27-21(30)15-35-26-28-22-19-10-5-6-11-20(19)34-23(22)24(31)29(26)13-12-16(2)3/h5-11,14,16H,4,12-13,15H2,1-3H3,(H,27,30). The molecule has 35 heavy (non-hydrogen) atoms. The molecular formula is C26H27N3O5S. The summed E-state index contributed by atoms with van der Waals surface area (Å²) in [5.74, 6) is -0.296. The van der Waals surface area contributed by atoms with Crippen molar-refractivity contribution in [1.82, 2.24) is 9.55 Å². The number of anilines is 1. The number of carbonyl (C=O) groups is 2. The zero-order valence-corrected chi connectivity index (χ0v) is 20.7. The van der Waals surface area contributed by atoms with Gasteiger partial charge in [0.1, 0.15) is 11.1 Å². The van der Waals surface area contributed by atoms with Gasteiger partial charge in [-0.25, -0.2) is 9.78 Å². The molecule has 0 unspecified atom stereocenters. The van der Waals surface area contributed by atoms with Crippen LogP contribution in [0.1, 0.15) is 37.6 Å². The number of hydrogen-bond donors (Lipinski definition) is 1. The Kier molecular flexibility index (Phi) is 7.55. The number of aromatic nitrogens is 2. The van der Waals surface area contributed by atoms with Gasteiger partial charge in [-0.05, 0) is 49.6 Å². The number of fused-ring (bicyclic) bond motifs is 3. The highest BCUT2D eigenvalue weighted by molar-refractivity contribution is 7.99. The van der Waals surface area contributed by atoms with Crippen LogP contribution in [0.4, 0.5) is 5.69 Å². The normalized spacial score (nSPS) is 11.3. The van der Waals surface area contributed by atoms with Crippen molar-refractivity contribution in [3.05, 3.63) is 64.4 Å². The van der Waals surface area contributed by atoms with Gasteiger partial charge in [0.05, 0.1) is 17.9 Å². The average molecular weight is 494 g/mol. The molecule has 182 valence electrons. The lowest BCUT2D eigenvalue weighted by molar-refractivity contribution is -0.113. The summed E-state index contributed by atoms with van der Waals surface area (Å²) in [6.07, 6.45) is 0.785. The van der Waals surface area contributed by atoms with E-state index in [-0.39, 0.29) is 29.4 Å². The fraction of sp³-hybridized carbons (Fsp3) is 0.308. The second kappa shape index (κ2) is 10.8. The van der Waals surface area contributed by atoms with Crippen LogP contribution in [0.15, 0.2) is 62.9 Å². The Bertz CT molecular complexity index is 1440. The van der Waals surface area contributed by atoms with Crippen LogP contribution in [0, 0.1) is 5.92 Å². The molecule has 0 aliphatic carbocycles. The third-order valence-electron chi connectivity index (χ3n) is 5.37. The number of nitrogens with zero attached hydrogens (tertiary/aromatic N) is 2. The number of hydrogen-bond acceptors (Lipinski definition) is 7. The zero-order valence-electron chi connectivity index (χ0n) is 19.9. The molecule has 2 aromatic heterocycles. The number of esters is 1. The zero-order chi connectivity index (χ0) is 24.9. The van der Waals surface area contributed by atoms with Crippen LogP contribution in [-0.2, 0) is 16.1 Å². The highest BCUT2D eigenvalue weighted by atomic mass is 32.2. The van der Waals surface area contributed by atoms with Crippen LogP contribution in [0.3, 0.4) is 0 Å². The van der Waals surface area contributed by atoms with Gasteiger partial charge in [0.15, 0.2) is 5.16 Å². The van der Waals surface area contributed by atoms with Crippen molar-refractivity contribution in [1.29, 1.82) is 0 Å². The van der Waals surface area contributed by atoms with Gasteiger partial charge in [0, 0.05) is 17.6 Å². The van der Waals surface area contributed by atoms with Crippen molar-refractivity contribution in [3.63, 3.8) is 0 Å². The van der Waals surface area contributed by atoms with Crippen LogP contribution < -0.4 is 10.9 Å². The fourth-order valence-electron chi connectivity index (χ4n) is 3.61. The van der Waals surface area contributed by atoms with Crippen LogP contribution in [0.5, 0.6) is 0 Å². The number of amides is 1. The van der Waals surface area contributed by atoms with Crippen LogP contribution in [0.25, 0.3) is 22.1 Å². The quantitative estimate of drug-likeness (QED) is 0.197. The van der Waals surface area contributed by atoms with E-state index in [2.05, 4.69) is 19.2 Å². The van der Waals surface area contributed by atoms with Crippen molar-refractivity contribution < 1.29 is 18.7 Å². The summed E-state index contributed by atoms with van der Waals surface area (Å²) in [5, 5.41) is 4.02. The number of benzene rings is 2. The molecule has 1 amide bonds. The Labute approximate surface area is 206 Å². The van der Waals surface area contributed by atoms with Gasteiger partial charge in [-0.3, -0.25) is 14.2 Å². The molecule has 2 aromatic carbocycles. The minimum Gasteiger partial charge on any atom is -0.462 e. The molecule has 0 aliphatic heterocycles. The Morgan fingerprint density at radius 3 is 2.74 bits per heavy atom. The summed E-state index contributed by atoms with van der Waals surface area (Å²) >= 11 is 1.19. The van der Waals surface area contributed by atoms with E-state index in [1.807, 2.05) is 18.2 Å². The maximum Gasteiger partial charge on any atom is 0.338 e. The monoisotopic (exact) mass is 493 g/mol. The summed E-state index contributed by atoms with van der Waals surface area (Å²) in [5.41, 5.74) is 1.91. The van der Waals surface area contributed by atoms with Crippen molar-refractivity contribution in [2.24, 2.45) is 5.92 Å². The molecule has 4 rings (SSSR count). The maximum absolute atomic E-state index is 13.3. The first-order valence-corrected chi connectivity index (χ1v) is 12.5. The van der Waals surface area contributed by atoms with E-state index in [4.69, 9.17) is 14.1 Å². The molecule has 0 bridgehead atoms. The molecule has 1 N–H and O–H groups in total. The van der Waals surface area contributed by atoms with Crippen LogP contribution in [0.2, 0.25) is 0 Å². The van der Waals surface area contributed by atoms with E-state index in [0.717, 1.165) is 11.8 Å². The molecule has 0 spiro atoms. The SMILES string of the molecule is CCOC(=O)c1cccc(NC(=O)CSc2nc3c(oc4ccccc43)c(=O)n2CCC(C)C)c1. The molecule has 8 nitrogen and oxygen atoms in total. The lowest BCUT2D eigenvalue weighted by Crippen LogP contribution is -2.24. The predicted octanol–water partition coefficient (Wildman–Crippen LogP) is 5.10. The first-order valence-electron chi connectivity index (χ1n) is 11.5. The van der Waals surface area contributed by atoms with Crippen molar-refractivity contribution >= 4 is 51.4 Å². The summed E-state index contributed by atoms with van der Waals surface area (Å²) in [6.45, 7) is 6.65. The number of nitrogens with one attached hydrogen (secondary N) is 1.